The maximum Gasteiger partial charge on any atom is 0.313 e. The molecular weight excluding hydrogens is 200 g/mol. The minimum atomic E-state index is -0.826. The van der Waals surface area contributed by atoms with Gasteiger partial charge >= 0.3 is 5.97 Å². The van der Waals surface area contributed by atoms with Crippen LogP contribution in [0.5, 0.6) is 0 Å². The number of hydrogen-bond donors (Lipinski definition) is 1. The van der Waals surface area contributed by atoms with E-state index < -0.39 is 5.97 Å². The number of carbonyl (C=O) groups is 1. The average Bonchev–Trinajstić information content (AvgIpc) is 2.14. The molecule has 0 unspecified atom stereocenters. The lowest BCUT2D eigenvalue weighted by atomic mass is 10.2. The SMILES string of the molecule is CCc1c(C)ncnc1SCC(=O)O. The van der Waals surface area contributed by atoms with E-state index in [1.54, 1.807) is 0 Å². The van der Waals surface area contributed by atoms with Crippen LogP contribution in [0.3, 0.4) is 0 Å². The molecule has 0 bridgehead atoms. The molecule has 1 aromatic rings. The Morgan fingerprint density at radius 3 is 2.86 bits per heavy atom. The number of carboxylic acids is 1. The Hall–Kier alpha value is -1.10. The first-order valence-corrected chi connectivity index (χ1v) is 5.28. The smallest absolute Gasteiger partial charge is 0.313 e. The third kappa shape index (κ3) is 2.70. The number of thioether (sulfide) groups is 1. The highest BCUT2D eigenvalue weighted by Crippen LogP contribution is 2.21. The fraction of sp³-hybridized carbons (Fsp3) is 0.444. The van der Waals surface area contributed by atoms with Gasteiger partial charge in [0.2, 0.25) is 0 Å². The summed E-state index contributed by atoms with van der Waals surface area (Å²) in [5.74, 6) is -0.781. The minimum absolute atomic E-state index is 0.0451. The van der Waals surface area contributed by atoms with Gasteiger partial charge in [0, 0.05) is 11.3 Å². The molecule has 1 rings (SSSR count). The van der Waals surface area contributed by atoms with Gasteiger partial charge in [-0.1, -0.05) is 18.7 Å². The van der Waals surface area contributed by atoms with E-state index in [-0.39, 0.29) is 5.75 Å². The predicted molar refractivity (Wildman–Crippen MR) is 54.5 cm³/mol. The van der Waals surface area contributed by atoms with Crippen molar-refractivity contribution in [3.8, 4) is 0 Å². The second-order valence-electron chi connectivity index (χ2n) is 2.78. The van der Waals surface area contributed by atoms with Crippen molar-refractivity contribution in [3.63, 3.8) is 0 Å². The van der Waals surface area contributed by atoms with Gasteiger partial charge in [0.25, 0.3) is 0 Å². The number of aromatic nitrogens is 2. The molecule has 0 aliphatic rings. The highest BCUT2D eigenvalue weighted by atomic mass is 32.2. The molecule has 4 nitrogen and oxygen atoms in total. The van der Waals surface area contributed by atoms with Gasteiger partial charge in [-0.15, -0.1) is 0 Å². The first-order chi connectivity index (χ1) is 6.65. The highest BCUT2D eigenvalue weighted by Gasteiger charge is 2.08. The van der Waals surface area contributed by atoms with Crippen LogP contribution < -0.4 is 0 Å². The van der Waals surface area contributed by atoms with Crippen LogP contribution in [-0.2, 0) is 11.2 Å². The zero-order valence-electron chi connectivity index (χ0n) is 8.15. The van der Waals surface area contributed by atoms with Crippen molar-refractivity contribution in [1.29, 1.82) is 0 Å². The number of aryl methyl sites for hydroxylation is 1. The molecule has 0 spiro atoms. The molecule has 0 saturated heterocycles. The molecule has 0 aliphatic carbocycles. The molecule has 0 atom stereocenters. The lowest BCUT2D eigenvalue weighted by molar-refractivity contribution is -0.133. The molecule has 0 saturated carbocycles. The third-order valence-corrected chi connectivity index (χ3v) is 2.82. The maximum absolute atomic E-state index is 10.4. The van der Waals surface area contributed by atoms with Crippen molar-refractivity contribution in [2.75, 3.05) is 5.75 Å². The summed E-state index contributed by atoms with van der Waals surface area (Å²) < 4.78 is 0. The zero-order valence-corrected chi connectivity index (χ0v) is 8.97. The molecule has 0 fully saturated rings. The van der Waals surface area contributed by atoms with E-state index in [1.165, 1.54) is 18.1 Å². The average molecular weight is 212 g/mol. The van der Waals surface area contributed by atoms with E-state index in [1.807, 2.05) is 13.8 Å². The van der Waals surface area contributed by atoms with E-state index >= 15 is 0 Å². The Balaban J connectivity index is 2.85. The van der Waals surface area contributed by atoms with Crippen molar-refractivity contribution in [1.82, 2.24) is 9.97 Å². The van der Waals surface area contributed by atoms with Crippen molar-refractivity contribution in [2.24, 2.45) is 0 Å². The molecule has 1 aromatic heterocycles. The fourth-order valence-corrected chi connectivity index (χ4v) is 1.99. The topological polar surface area (TPSA) is 63.1 Å². The number of nitrogens with zero attached hydrogens (tertiary/aromatic N) is 2. The lowest BCUT2D eigenvalue weighted by Crippen LogP contribution is -2.02. The maximum atomic E-state index is 10.4. The van der Waals surface area contributed by atoms with Gasteiger partial charge in [0.05, 0.1) is 5.75 Å². The van der Waals surface area contributed by atoms with E-state index in [0.29, 0.717) is 0 Å². The minimum Gasteiger partial charge on any atom is -0.481 e. The normalized spacial score (nSPS) is 10.1. The molecular formula is C9H12N2O2S. The van der Waals surface area contributed by atoms with Crippen LogP contribution in [0.2, 0.25) is 0 Å². The Morgan fingerprint density at radius 2 is 2.29 bits per heavy atom. The molecule has 0 aliphatic heterocycles. The lowest BCUT2D eigenvalue weighted by Gasteiger charge is -2.06. The molecule has 0 radical (unpaired) electrons. The van der Waals surface area contributed by atoms with Crippen molar-refractivity contribution < 1.29 is 9.90 Å². The molecule has 76 valence electrons. The van der Waals surface area contributed by atoms with Crippen molar-refractivity contribution in [3.05, 3.63) is 17.6 Å². The van der Waals surface area contributed by atoms with Gasteiger partial charge in [-0.3, -0.25) is 4.79 Å². The fourth-order valence-electron chi connectivity index (χ4n) is 1.14. The largest absolute Gasteiger partial charge is 0.481 e. The van der Waals surface area contributed by atoms with Gasteiger partial charge in [-0.2, -0.15) is 0 Å². The van der Waals surface area contributed by atoms with Crippen LogP contribution in [0, 0.1) is 6.92 Å². The standard InChI is InChI=1S/C9H12N2O2S/c1-3-7-6(2)10-5-11-9(7)14-4-8(12)13/h5H,3-4H2,1-2H3,(H,12,13). The third-order valence-electron chi connectivity index (χ3n) is 1.81. The first-order valence-electron chi connectivity index (χ1n) is 4.30. The van der Waals surface area contributed by atoms with E-state index in [9.17, 15) is 4.79 Å². The number of rotatable bonds is 4. The quantitative estimate of drug-likeness (QED) is 0.605. The summed E-state index contributed by atoms with van der Waals surface area (Å²) in [5, 5.41) is 9.32. The number of carboxylic acid groups (broad SMARTS) is 1. The van der Waals surface area contributed by atoms with Gasteiger partial charge in [-0.05, 0) is 13.3 Å². The predicted octanol–water partition coefficient (Wildman–Crippen LogP) is 1.52. The Bertz CT molecular complexity index is 342. The summed E-state index contributed by atoms with van der Waals surface area (Å²) in [6, 6.07) is 0. The van der Waals surface area contributed by atoms with Crippen LogP contribution in [0.25, 0.3) is 0 Å². The van der Waals surface area contributed by atoms with Crippen LogP contribution in [0.4, 0.5) is 0 Å². The van der Waals surface area contributed by atoms with Crippen LogP contribution in [-0.4, -0.2) is 26.8 Å². The van der Waals surface area contributed by atoms with Crippen molar-refractivity contribution >= 4 is 17.7 Å². The van der Waals surface area contributed by atoms with Crippen LogP contribution in [0.15, 0.2) is 11.4 Å². The summed E-state index contributed by atoms with van der Waals surface area (Å²) in [5.41, 5.74) is 1.97. The van der Waals surface area contributed by atoms with Crippen LogP contribution in [0.1, 0.15) is 18.2 Å². The van der Waals surface area contributed by atoms with E-state index in [0.717, 1.165) is 22.7 Å². The Kier molecular flexibility index (Phi) is 3.88. The van der Waals surface area contributed by atoms with Gasteiger partial charge in [-0.25, -0.2) is 9.97 Å². The van der Waals surface area contributed by atoms with E-state index in [2.05, 4.69) is 9.97 Å². The number of hydrogen-bond acceptors (Lipinski definition) is 4. The van der Waals surface area contributed by atoms with Gasteiger partial charge < -0.3 is 5.11 Å². The first kappa shape index (κ1) is 11.0. The number of aliphatic carboxylic acids is 1. The molecule has 1 heterocycles. The Morgan fingerprint density at radius 1 is 1.57 bits per heavy atom. The summed E-state index contributed by atoms with van der Waals surface area (Å²) in [6.45, 7) is 3.92. The second-order valence-corrected chi connectivity index (χ2v) is 3.74. The van der Waals surface area contributed by atoms with Gasteiger partial charge in [0.15, 0.2) is 0 Å². The molecule has 14 heavy (non-hydrogen) atoms. The summed E-state index contributed by atoms with van der Waals surface area (Å²) in [4.78, 5) is 18.5. The van der Waals surface area contributed by atoms with Crippen molar-refractivity contribution in [2.45, 2.75) is 25.3 Å². The molecule has 0 amide bonds. The van der Waals surface area contributed by atoms with Gasteiger partial charge in [0.1, 0.15) is 11.4 Å². The summed E-state index contributed by atoms with van der Waals surface area (Å²) in [7, 11) is 0. The van der Waals surface area contributed by atoms with Crippen LogP contribution >= 0.6 is 11.8 Å². The monoisotopic (exact) mass is 212 g/mol. The highest BCUT2D eigenvalue weighted by molar-refractivity contribution is 7.99. The Labute approximate surface area is 86.8 Å². The zero-order chi connectivity index (χ0) is 10.6. The van der Waals surface area contributed by atoms with E-state index in [4.69, 9.17) is 5.11 Å². The summed E-state index contributed by atoms with van der Waals surface area (Å²) in [6.07, 6.45) is 2.30. The second kappa shape index (κ2) is 4.95. The molecule has 5 heteroatoms. The molecule has 1 N–H and O–H groups in total. The summed E-state index contributed by atoms with van der Waals surface area (Å²) >= 11 is 1.24. The molecule has 0 aromatic carbocycles.